The van der Waals surface area contributed by atoms with Crippen molar-refractivity contribution in [2.75, 3.05) is 31.6 Å². The third-order valence-corrected chi connectivity index (χ3v) is 3.64. The summed E-state index contributed by atoms with van der Waals surface area (Å²) in [6.45, 7) is 2.37. The highest BCUT2D eigenvalue weighted by Crippen LogP contribution is 2.11. The van der Waals surface area contributed by atoms with Crippen LogP contribution in [0.5, 0.6) is 6.01 Å². The molecular weight excluding hydrogens is 314 g/mol. The number of pyridine rings is 1. The quantitative estimate of drug-likeness (QED) is 0.842. The smallest absolute Gasteiger partial charge is 0.316 e. The number of aromatic nitrogens is 3. The number of nitrogens with one attached hydrogen (secondary N) is 1. The summed E-state index contributed by atoms with van der Waals surface area (Å²) in [5.74, 6) is 0. The van der Waals surface area contributed by atoms with Gasteiger partial charge in [0.05, 0.1) is 18.5 Å². The lowest BCUT2D eigenvalue weighted by molar-refractivity contribution is -0.0295. The Morgan fingerprint density at radius 1 is 1.35 bits per heavy atom. The van der Waals surface area contributed by atoms with Gasteiger partial charge in [-0.05, 0) is 30.4 Å². The molecule has 1 atom stereocenters. The first kappa shape index (κ1) is 15.6. The second-order valence-electron chi connectivity index (χ2n) is 4.95. The van der Waals surface area contributed by atoms with E-state index in [1.807, 2.05) is 12.1 Å². The van der Waals surface area contributed by atoms with E-state index in [0.717, 1.165) is 12.2 Å². The third-order valence-electron chi connectivity index (χ3n) is 3.28. The Morgan fingerprint density at radius 2 is 2.22 bits per heavy atom. The summed E-state index contributed by atoms with van der Waals surface area (Å²) in [7, 11) is 0. The minimum absolute atomic E-state index is 0.0822. The predicted molar refractivity (Wildman–Crippen MR) is 89.3 cm³/mol. The molecule has 0 radical (unpaired) electrons. The normalized spacial score (nSPS) is 17.6. The van der Waals surface area contributed by atoms with Crippen LogP contribution in [0.3, 0.4) is 0 Å². The van der Waals surface area contributed by atoms with Crippen LogP contribution in [0.1, 0.15) is 0 Å². The molecular formula is C15H17N5O2S. The molecule has 1 aliphatic heterocycles. The number of anilines is 1. The van der Waals surface area contributed by atoms with Gasteiger partial charge in [-0.1, -0.05) is 0 Å². The van der Waals surface area contributed by atoms with E-state index in [4.69, 9.17) is 21.7 Å². The van der Waals surface area contributed by atoms with E-state index < -0.39 is 0 Å². The van der Waals surface area contributed by atoms with Crippen LogP contribution in [-0.4, -0.2) is 57.4 Å². The first-order valence-corrected chi connectivity index (χ1v) is 7.69. The molecule has 120 valence electrons. The number of hydrogen-bond donors (Lipinski definition) is 1. The number of thiocarbonyl (C=S) groups is 1. The maximum Gasteiger partial charge on any atom is 0.316 e. The van der Waals surface area contributed by atoms with Crippen molar-refractivity contribution >= 4 is 23.0 Å². The Labute approximate surface area is 139 Å². The molecule has 3 rings (SSSR count). The van der Waals surface area contributed by atoms with Gasteiger partial charge >= 0.3 is 6.01 Å². The van der Waals surface area contributed by atoms with Crippen molar-refractivity contribution in [1.82, 2.24) is 19.9 Å². The summed E-state index contributed by atoms with van der Waals surface area (Å²) in [5, 5.41) is 3.83. The van der Waals surface area contributed by atoms with Crippen LogP contribution in [0.15, 0.2) is 43.0 Å². The lowest BCUT2D eigenvalue weighted by Crippen LogP contribution is -2.49. The number of hydrogen-bond acceptors (Lipinski definition) is 6. The molecule has 3 heterocycles. The van der Waals surface area contributed by atoms with Crippen molar-refractivity contribution in [3.8, 4) is 6.01 Å². The second kappa shape index (κ2) is 7.80. The zero-order chi connectivity index (χ0) is 15.9. The van der Waals surface area contributed by atoms with Gasteiger partial charge in [0.15, 0.2) is 5.11 Å². The molecule has 8 heteroatoms. The molecule has 1 fully saturated rings. The van der Waals surface area contributed by atoms with Crippen LogP contribution in [0.4, 0.5) is 5.69 Å². The first-order valence-electron chi connectivity index (χ1n) is 7.28. The maximum atomic E-state index is 5.71. The van der Waals surface area contributed by atoms with Gasteiger partial charge in [-0.15, -0.1) is 0 Å². The van der Waals surface area contributed by atoms with E-state index in [1.54, 1.807) is 30.9 Å². The topological polar surface area (TPSA) is 72.4 Å². The Bertz CT molecular complexity index is 628. The molecule has 0 aliphatic carbocycles. The van der Waals surface area contributed by atoms with E-state index >= 15 is 0 Å². The molecule has 23 heavy (non-hydrogen) atoms. The number of rotatable bonds is 4. The van der Waals surface area contributed by atoms with E-state index in [0.29, 0.717) is 30.9 Å². The van der Waals surface area contributed by atoms with E-state index in [2.05, 4.69) is 25.2 Å². The zero-order valence-corrected chi connectivity index (χ0v) is 13.3. The monoisotopic (exact) mass is 331 g/mol. The van der Waals surface area contributed by atoms with Gasteiger partial charge in [0, 0.05) is 31.7 Å². The summed E-state index contributed by atoms with van der Waals surface area (Å²) in [6.07, 6.45) is 6.66. The second-order valence-corrected chi connectivity index (χ2v) is 5.34. The lowest BCUT2D eigenvalue weighted by Gasteiger charge is -2.34. The molecule has 0 bridgehead atoms. The van der Waals surface area contributed by atoms with Crippen LogP contribution in [0.2, 0.25) is 0 Å². The van der Waals surface area contributed by atoms with Crippen LogP contribution in [0.25, 0.3) is 0 Å². The van der Waals surface area contributed by atoms with Gasteiger partial charge in [0.2, 0.25) is 0 Å². The average molecular weight is 331 g/mol. The van der Waals surface area contributed by atoms with E-state index in [-0.39, 0.29) is 6.10 Å². The Balaban J connectivity index is 1.50. The number of morpholine rings is 1. The summed E-state index contributed by atoms with van der Waals surface area (Å²) in [5.41, 5.74) is 0.870. The largest absolute Gasteiger partial charge is 0.461 e. The summed E-state index contributed by atoms with van der Waals surface area (Å²) >= 11 is 5.45. The van der Waals surface area contributed by atoms with Crippen LogP contribution < -0.4 is 10.1 Å². The van der Waals surface area contributed by atoms with Crippen LogP contribution in [-0.2, 0) is 4.74 Å². The highest BCUT2D eigenvalue weighted by atomic mass is 32.1. The molecule has 7 nitrogen and oxygen atoms in total. The van der Waals surface area contributed by atoms with Gasteiger partial charge < -0.3 is 19.7 Å². The van der Waals surface area contributed by atoms with E-state index in [1.165, 1.54) is 0 Å². The third kappa shape index (κ3) is 4.57. The highest BCUT2D eigenvalue weighted by Gasteiger charge is 2.23. The Hall–Kier alpha value is -2.32. The van der Waals surface area contributed by atoms with Crippen LogP contribution in [0, 0.1) is 0 Å². The molecule has 1 unspecified atom stereocenters. The van der Waals surface area contributed by atoms with Gasteiger partial charge in [0.25, 0.3) is 0 Å². The van der Waals surface area contributed by atoms with Gasteiger partial charge in [0.1, 0.15) is 12.7 Å². The molecule has 2 aromatic heterocycles. The van der Waals surface area contributed by atoms with Crippen molar-refractivity contribution in [1.29, 1.82) is 0 Å². The van der Waals surface area contributed by atoms with Crippen molar-refractivity contribution in [2.24, 2.45) is 0 Å². The van der Waals surface area contributed by atoms with Crippen molar-refractivity contribution in [3.63, 3.8) is 0 Å². The highest BCUT2D eigenvalue weighted by molar-refractivity contribution is 7.80. The fraction of sp³-hybridized carbons (Fsp3) is 0.333. The molecule has 1 aliphatic rings. The standard InChI is InChI=1S/C15H17N5O2S/c23-15(19-12-3-1-4-16-9-12)20-7-8-21-13(10-20)11-22-14-17-5-2-6-18-14/h1-6,9,13H,7-8,10-11H2,(H,19,23). The van der Waals surface area contributed by atoms with Crippen LogP contribution >= 0.6 is 12.2 Å². The molecule has 1 saturated heterocycles. The molecule has 0 amide bonds. The molecule has 2 aromatic rings. The van der Waals surface area contributed by atoms with Crippen molar-refractivity contribution in [2.45, 2.75) is 6.10 Å². The number of nitrogens with zero attached hydrogens (tertiary/aromatic N) is 4. The van der Waals surface area contributed by atoms with Gasteiger partial charge in [-0.2, -0.15) is 0 Å². The number of ether oxygens (including phenoxy) is 2. The first-order chi connectivity index (χ1) is 11.3. The lowest BCUT2D eigenvalue weighted by atomic mass is 10.3. The molecule has 0 aromatic carbocycles. The summed E-state index contributed by atoms with van der Waals surface area (Å²) < 4.78 is 11.3. The van der Waals surface area contributed by atoms with E-state index in [9.17, 15) is 0 Å². The maximum absolute atomic E-state index is 5.71. The Morgan fingerprint density at radius 3 is 3.00 bits per heavy atom. The van der Waals surface area contributed by atoms with Gasteiger partial charge in [-0.25, -0.2) is 9.97 Å². The predicted octanol–water partition coefficient (Wildman–Crippen LogP) is 1.35. The van der Waals surface area contributed by atoms with Crippen molar-refractivity contribution in [3.05, 3.63) is 43.0 Å². The fourth-order valence-corrected chi connectivity index (χ4v) is 2.45. The zero-order valence-electron chi connectivity index (χ0n) is 12.5. The molecule has 0 saturated carbocycles. The minimum atomic E-state index is -0.0822. The Kier molecular flexibility index (Phi) is 5.28. The van der Waals surface area contributed by atoms with Crippen molar-refractivity contribution < 1.29 is 9.47 Å². The molecule has 0 spiro atoms. The summed E-state index contributed by atoms with van der Waals surface area (Å²) in [4.78, 5) is 14.2. The minimum Gasteiger partial charge on any atom is -0.461 e. The van der Waals surface area contributed by atoms with Gasteiger partial charge in [-0.3, -0.25) is 4.98 Å². The molecule has 1 N–H and O–H groups in total. The average Bonchev–Trinajstić information content (AvgIpc) is 2.62. The fourth-order valence-electron chi connectivity index (χ4n) is 2.17. The SMILES string of the molecule is S=C(Nc1cccnc1)N1CCOC(COc2ncccn2)C1. The summed E-state index contributed by atoms with van der Waals surface area (Å²) in [6, 6.07) is 5.88.